The summed E-state index contributed by atoms with van der Waals surface area (Å²) in [5, 5.41) is 29.4. The number of nitrogens with one attached hydrogen (secondary N) is 1. The molecule has 1 saturated heterocycles. The molecule has 4 rings (SSSR count). The molecular formula is C27H29ClF6N4O7. The third kappa shape index (κ3) is 10.1. The lowest BCUT2D eigenvalue weighted by molar-refractivity contribution is -0.193. The summed E-state index contributed by atoms with van der Waals surface area (Å²) in [4.78, 5) is 50.5. The minimum absolute atomic E-state index is 0.00653. The molecule has 1 aliphatic carbocycles. The second kappa shape index (κ2) is 15.5. The van der Waals surface area contributed by atoms with E-state index in [0.29, 0.717) is 29.1 Å². The van der Waals surface area contributed by atoms with Crippen molar-refractivity contribution in [2.75, 3.05) is 6.54 Å². The van der Waals surface area contributed by atoms with E-state index in [4.69, 9.17) is 37.1 Å². The molecule has 1 unspecified atom stereocenters. The Kier molecular flexibility index (Phi) is 12.8. The number of hydrogen-bond donors (Lipinski definition) is 5. The number of hydrogen-bond acceptors (Lipinski definition) is 8. The molecule has 1 aliphatic heterocycles. The number of carbonyl (C=O) groups is 4. The van der Waals surface area contributed by atoms with Gasteiger partial charge in [0.25, 0.3) is 5.91 Å². The monoisotopic (exact) mass is 670 g/mol. The van der Waals surface area contributed by atoms with Crippen LogP contribution in [0.4, 0.5) is 26.3 Å². The highest BCUT2D eigenvalue weighted by atomic mass is 35.5. The van der Waals surface area contributed by atoms with E-state index in [-0.39, 0.29) is 25.4 Å². The summed E-state index contributed by atoms with van der Waals surface area (Å²) < 4.78 is 63.5. The molecule has 0 saturated carbocycles. The molecule has 45 heavy (non-hydrogen) atoms. The van der Waals surface area contributed by atoms with E-state index in [1.807, 2.05) is 6.07 Å². The van der Waals surface area contributed by atoms with Crippen LogP contribution in [0.2, 0.25) is 5.02 Å². The number of fused-ring (bicyclic) bond motifs is 1. The molecule has 1 aromatic heterocycles. The highest BCUT2D eigenvalue weighted by molar-refractivity contribution is 6.30. The van der Waals surface area contributed by atoms with Gasteiger partial charge in [0.1, 0.15) is 0 Å². The lowest BCUT2D eigenvalue weighted by Gasteiger charge is -2.36. The van der Waals surface area contributed by atoms with E-state index < -0.39 is 41.8 Å². The summed E-state index contributed by atoms with van der Waals surface area (Å²) in [6.45, 7) is 0.963. The normalized spacial score (nSPS) is 19.2. The molecule has 2 amide bonds. The molecule has 248 valence electrons. The van der Waals surface area contributed by atoms with Crippen molar-refractivity contribution < 1.29 is 60.8 Å². The number of aliphatic hydroxyl groups is 1. The molecule has 2 heterocycles. The lowest BCUT2D eigenvalue weighted by atomic mass is 9.81. The van der Waals surface area contributed by atoms with Crippen molar-refractivity contribution in [3.05, 3.63) is 63.9 Å². The Labute approximate surface area is 257 Å². The minimum Gasteiger partial charge on any atom is -0.475 e. The number of benzene rings is 1. The number of nitrogens with zero attached hydrogens (tertiary/aromatic N) is 2. The fourth-order valence-corrected chi connectivity index (χ4v) is 4.74. The molecule has 1 fully saturated rings. The Hall–Kier alpha value is -3.80. The maximum absolute atomic E-state index is 13.8. The number of nitrogens with two attached hydrogens (primary N) is 1. The van der Waals surface area contributed by atoms with Crippen LogP contribution >= 0.6 is 11.6 Å². The van der Waals surface area contributed by atoms with Crippen LogP contribution in [0, 0.1) is 0 Å². The SMILES string of the molecule is NCc1ccc(Cl)cc1CN(C(=O)[C@@H]1CCCN1)C(=O)C1(O)CCCc2cccnc21.O=C(O)C(F)(F)F.O=C(O)C(F)(F)F. The van der Waals surface area contributed by atoms with Crippen molar-refractivity contribution in [2.45, 2.75) is 69.2 Å². The molecule has 2 aliphatic rings. The number of aliphatic carboxylic acids is 2. The smallest absolute Gasteiger partial charge is 0.475 e. The fraction of sp³-hybridized carbons (Fsp3) is 0.444. The number of aromatic nitrogens is 1. The quantitative estimate of drug-likeness (QED) is 0.234. The number of pyridine rings is 1. The average molecular weight is 671 g/mol. The second-order valence-corrected chi connectivity index (χ2v) is 10.3. The van der Waals surface area contributed by atoms with Gasteiger partial charge in [-0.25, -0.2) is 9.59 Å². The molecular weight excluding hydrogens is 642 g/mol. The van der Waals surface area contributed by atoms with E-state index >= 15 is 0 Å². The predicted molar refractivity (Wildman–Crippen MR) is 144 cm³/mol. The van der Waals surface area contributed by atoms with Crippen LogP contribution in [0.25, 0.3) is 0 Å². The highest BCUT2D eigenvalue weighted by Gasteiger charge is 2.48. The number of imide groups is 1. The number of aryl methyl sites for hydroxylation is 1. The van der Waals surface area contributed by atoms with Gasteiger partial charge in [0.2, 0.25) is 5.91 Å². The number of carboxylic acid groups (broad SMARTS) is 2. The summed E-state index contributed by atoms with van der Waals surface area (Å²) in [6, 6.07) is 8.45. The molecule has 18 heteroatoms. The van der Waals surface area contributed by atoms with Gasteiger partial charge in [-0.05, 0) is 73.5 Å². The van der Waals surface area contributed by atoms with Crippen molar-refractivity contribution in [1.82, 2.24) is 15.2 Å². The van der Waals surface area contributed by atoms with Crippen LogP contribution in [0.3, 0.4) is 0 Å². The van der Waals surface area contributed by atoms with Gasteiger partial charge in [0.15, 0.2) is 5.60 Å². The third-order valence-corrected chi connectivity index (χ3v) is 6.93. The van der Waals surface area contributed by atoms with Crippen molar-refractivity contribution in [1.29, 1.82) is 0 Å². The van der Waals surface area contributed by atoms with Gasteiger partial charge in [-0.1, -0.05) is 23.7 Å². The van der Waals surface area contributed by atoms with Gasteiger partial charge in [-0.3, -0.25) is 19.5 Å². The molecule has 0 radical (unpaired) electrons. The largest absolute Gasteiger partial charge is 0.490 e. The van der Waals surface area contributed by atoms with E-state index in [9.17, 15) is 41.0 Å². The first kappa shape index (κ1) is 37.4. The van der Waals surface area contributed by atoms with Gasteiger partial charge in [-0.15, -0.1) is 0 Å². The van der Waals surface area contributed by atoms with Crippen LogP contribution in [0.5, 0.6) is 0 Å². The first-order chi connectivity index (χ1) is 20.8. The van der Waals surface area contributed by atoms with Gasteiger partial charge >= 0.3 is 24.3 Å². The van der Waals surface area contributed by atoms with Gasteiger partial charge in [0, 0.05) is 17.8 Å². The first-order valence-corrected chi connectivity index (χ1v) is 13.5. The van der Waals surface area contributed by atoms with Crippen LogP contribution in [-0.2, 0) is 44.3 Å². The van der Waals surface area contributed by atoms with E-state index in [0.717, 1.165) is 35.4 Å². The minimum atomic E-state index is -5.08. The molecule has 1 aromatic carbocycles. The summed E-state index contributed by atoms with van der Waals surface area (Å²) in [6.07, 6.45) is -5.50. The number of alkyl halides is 6. The van der Waals surface area contributed by atoms with Crippen molar-refractivity contribution in [3.63, 3.8) is 0 Å². The number of carboxylic acids is 2. The van der Waals surface area contributed by atoms with Crippen molar-refractivity contribution >= 4 is 35.4 Å². The molecule has 11 nitrogen and oxygen atoms in total. The zero-order valence-corrected chi connectivity index (χ0v) is 24.0. The molecule has 6 N–H and O–H groups in total. The highest BCUT2D eigenvalue weighted by Crippen LogP contribution is 2.36. The Morgan fingerprint density at radius 3 is 2.13 bits per heavy atom. The number of carbonyl (C=O) groups excluding carboxylic acids is 2. The van der Waals surface area contributed by atoms with Crippen LogP contribution < -0.4 is 11.1 Å². The van der Waals surface area contributed by atoms with Gasteiger partial charge < -0.3 is 26.4 Å². The Bertz CT molecular complexity index is 1360. The zero-order chi connectivity index (χ0) is 34.2. The van der Waals surface area contributed by atoms with Crippen LogP contribution in [0.15, 0.2) is 36.5 Å². The van der Waals surface area contributed by atoms with Crippen LogP contribution in [0.1, 0.15) is 48.1 Å². The Morgan fingerprint density at radius 2 is 1.62 bits per heavy atom. The summed E-state index contributed by atoms with van der Waals surface area (Å²) in [5.41, 5.74) is 6.70. The summed E-state index contributed by atoms with van der Waals surface area (Å²) in [7, 11) is 0. The standard InChI is InChI=1S/C23H27ClN4O3.2C2HF3O2/c24-18-8-7-16(13-25)17(12-18)14-28(21(29)19-6-3-10-26-19)22(30)23(31)9-1-4-15-5-2-11-27-20(15)23;2*3-2(4,5)1(6)7/h2,5,7-8,11-12,19,26,31H,1,3-4,6,9-10,13-14,25H2;2*(H,6,7)/t19-,23?;;/m0../s1. The van der Waals surface area contributed by atoms with E-state index in [2.05, 4.69) is 10.3 Å². The number of halogens is 7. The second-order valence-electron chi connectivity index (χ2n) is 9.83. The maximum atomic E-state index is 13.8. The third-order valence-electron chi connectivity index (χ3n) is 6.69. The Balaban J connectivity index is 0.000000421. The molecule has 0 spiro atoms. The molecule has 2 atom stereocenters. The molecule has 0 bridgehead atoms. The lowest BCUT2D eigenvalue weighted by Crippen LogP contribution is -2.54. The zero-order valence-electron chi connectivity index (χ0n) is 23.3. The number of amides is 2. The van der Waals surface area contributed by atoms with Crippen LogP contribution in [-0.4, -0.2) is 73.9 Å². The number of rotatable bonds is 5. The van der Waals surface area contributed by atoms with Crippen molar-refractivity contribution in [3.8, 4) is 0 Å². The summed E-state index contributed by atoms with van der Waals surface area (Å²) in [5.74, 6) is -6.50. The maximum Gasteiger partial charge on any atom is 0.490 e. The molecule has 2 aromatic rings. The van der Waals surface area contributed by atoms with E-state index in [1.165, 1.54) is 0 Å². The van der Waals surface area contributed by atoms with E-state index in [1.54, 1.807) is 30.5 Å². The summed E-state index contributed by atoms with van der Waals surface area (Å²) >= 11 is 6.19. The van der Waals surface area contributed by atoms with Crippen molar-refractivity contribution in [2.24, 2.45) is 5.73 Å². The van der Waals surface area contributed by atoms with Gasteiger partial charge in [0.05, 0.1) is 18.3 Å². The predicted octanol–water partition coefficient (Wildman–Crippen LogP) is 3.29. The first-order valence-electron chi connectivity index (χ1n) is 13.2. The Morgan fingerprint density at radius 1 is 1.02 bits per heavy atom. The van der Waals surface area contributed by atoms with Gasteiger partial charge in [-0.2, -0.15) is 26.3 Å². The topological polar surface area (TPSA) is 183 Å². The fourth-order valence-electron chi connectivity index (χ4n) is 4.54. The average Bonchev–Trinajstić information content (AvgIpc) is 3.50.